The minimum atomic E-state index is -0.727. The lowest BCUT2D eigenvalue weighted by molar-refractivity contribution is 0.167. The number of hydrogen-bond acceptors (Lipinski definition) is 5. The molecule has 0 unspecified atom stereocenters. The van der Waals surface area contributed by atoms with E-state index in [-0.39, 0.29) is 5.41 Å². The van der Waals surface area contributed by atoms with Gasteiger partial charge in [0.1, 0.15) is 5.75 Å². The van der Waals surface area contributed by atoms with Gasteiger partial charge in [-0.05, 0) is 49.4 Å². The third kappa shape index (κ3) is 3.21. The predicted octanol–water partition coefficient (Wildman–Crippen LogP) is 3.72. The maximum atomic E-state index is 12.5. The summed E-state index contributed by atoms with van der Waals surface area (Å²) in [7, 11) is 5.63. The summed E-state index contributed by atoms with van der Waals surface area (Å²) in [6.45, 7) is 3.28. The van der Waals surface area contributed by atoms with E-state index in [9.17, 15) is 9.59 Å². The Balaban J connectivity index is 1.49. The number of rotatable bonds is 2. The maximum Gasteiger partial charge on any atom is 0.423 e. The van der Waals surface area contributed by atoms with E-state index >= 15 is 0 Å². The van der Waals surface area contributed by atoms with Crippen molar-refractivity contribution in [1.82, 2.24) is 9.80 Å². The van der Waals surface area contributed by atoms with Gasteiger partial charge in [-0.2, -0.15) is 0 Å². The van der Waals surface area contributed by atoms with Gasteiger partial charge in [0, 0.05) is 37.4 Å². The Morgan fingerprint density at radius 1 is 1.17 bits per heavy atom. The number of carbonyl (C=O) groups is 2. The Bertz CT molecular complexity index is 948. The third-order valence-electron chi connectivity index (χ3n) is 6.11. The van der Waals surface area contributed by atoms with Crippen LogP contribution in [0.3, 0.4) is 0 Å². The number of likely N-dealkylation sites (N-methyl/N-ethyl adjacent to an activating group) is 2. The number of likely N-dealkylation sites (tertiary alicyclic amines) is 1. The van der Waals surface area contributed by atoms with Crippen molar-refractivity contribution in [3.05, 3.63) is 54.1 Å². The van der Waals surface area contributed by atoms with Gasteiger partial charge in [0.25, 0.3) is 0 Å². The summed E-state index contributed by atoms with van der Waals surface area (Å²) in [5.41, 5.74) is 2.93. The van der Waals surface area contributed by atoms with E-state index in [1.165, 1.54) is 12.6 Å². The Labute approximate surface area is 170 Å². The smallest absolute Gasteiger partial charge is 0.410 e. The highest BCUT2D eigenvalue weighted by atomic mass is 16.6. The molecule has 1 saturated heterocycles. The van der Waals surface area contributed by atoms with Crippen LogP contribution in [0.25, 0.3) is 0 Å². The van der Waals surface area contributed by atoms with Gasteiger partial charge >= 0.3 is 12.1 Å². The van der Waals surface area contributed by atoms with Crippen molar-refractivity contribution in [3.63, 3.8) is 0 Å². The summed E-state index contributed by atoms with van der Waals surface area (Å²) in [5, 5.41) is 2.67. The normalized spacial score (nSPS) is 22.8. The van der Waals surface area contributed by atoms with Crippen LogP contribution in [-0.2, 0) is 5.41 Å². The molecule has 2 aromatic carbocycles. The lowest BCUT2D eigenvalue weighted by atomic mass is 9.81. The van der Waals surface area contributed by atoms with E-state index in [2.05, 4.69) is 36.1 Å². The second kappa shape index (κ2) is 7.08. The second-order valence-electron chi connectivity index (χ2n) is 8.03. The first-order chi connectivity index (χ1) is 13.8. The summed E-state index contributed by atoms with van der Waals surface area (Å²) in [4.78, 5) is 30.4. The van der Waals surface area contributed by atoms with Crippen molar-refractivity contribution >= 4 is 23.5 Å². The van der Waals surface area contributed by atoms with Crippen LogP contribution in [-0.4, -0.2) is 55.8 Å². The molecule has 0 aliphatic carbocycles. The van der Waals surface area contributed by atoms with E-state index in [4.69, 9.17) is 4.74 Å². The standard InChI is InChI=1S/C22H26N4O3/c1-22-12-13-24(2)19(22)25(3)18-11-10-16(14-17(18)22)29-21(28)26(4)20(27)23-15-8-6-5-7-9-15/h5-11,14,19H,12-13H2,1-4H3,(H,23,27)/t19-,22+/m1/s1. The minimum absolute atomic E-state index is 0.0160. The molecule has 2 atom stereocenters. The highest BCUT2D eigenvalue weighted by molar-refractivity contribution is 5.99. The minimum Gasteiger partial charge on any atom is -0.410 e. The highest BCUT2D eigenvalue weighted by Gasteiger charge is 2.52. The molecular weight excluding hydrogens is 368 g/mol. The number of para-hydroxylation sites is 1. The molecule has 7 heteroatoms. The van der Waals surface area contributed by atoms with Gasteiger partial charge in [0.05, 0.1) is 6.17 Å². The van der Waals surface area contributed by atoms with Gasteiger partial charge in [-0.3, -0.25) is 4.90 Å². The number of nitrogens with zero attached hydrogens (tertiary/aromatic N) is 3. The third-order valence-corrected chi connectivity index (χ3v) is 6.11. The van der Waals surface area contributed by atoms with Crippen LogP contribution in [0.15, 0.2) is 48.5 Å². The lowest BCUT2D eigenvalue weighted by Crippen LogP contribution is -2.45. The second-order valence-corrected chi connectivity index (χ2v) is 8.03. The summed E-state index contributed by atoms with van der Waals surface area (Å²) in [6, 6.07) is 14.1. The monoisotopic (exact) mass is 394 g/mol. The van der Waals surface area contributed by atoms with Crippen LogP contribution in [0.1, 0.15) is 18.9 Å². The molecule has 2 aliphatic rings. The van der Waals surface area contributed by atoms with Crippen molar-refractivity contribution in [1.29, 1.82) is 0 Å². The molecule has 7 nitrogen and oxygen atoms in total. The Morgan fingerprint density at radius 3 is 2.62 bits per heavy atom. The number of imide groups is 1. The molecule has 152 valence electrons. The molecule has 0 saturated carbocycles. The van der Waals surface area contributed by atoms with Crippen molar-refractivity contribution in [2.45, 2.75) is 24.9 Å². The summed E-state index contributed by atoms with van der Waals surface area (Å²) < 4.78 is 5.51. The zero-order valence-electron chi connectivity index (χ0n) is 17.2. The molecule has 3 amide bonds. The molecule has 29 heavy (non-hydrogen) atoms. The molecule has 1 N–H and O–H groups in total. The molecule has 2 aromatic rings. The van der Waals surface area contributed by atoms with Crippen LogP contribution in [0, 0.1) is 0 Å². The van der Waals surface area contributed by atoms with Crippen LogP contribution < -0.4 is 15.0 Å². The molecule has 1 fully saturated rings. The van der Waals surface area contributed by atoms with Gasteiger partial charge < -0.3 is 15.0 Å². The number of anilines is 2. The van der Waals surface area contributed by atoms with Crippen molar-refractivity contribution in [2.75, 3.05) is 37.9 Å². The molecule has 0 spiro atoms. The molecule has 0 radical (unpaired) electrons. The van der Waals surface area contributed by atoms with Crippen molar-refractivity contribution in [2.24, 2.45) is 0 Å². The number of benzene rings is 2. The average Bonchev–Trinajstić information content (AvgIpc) is 3.13. The first-order valence-electron chi connectivity index (χ1n) is 9.70. The maximum absolute atomic E-state index is 12.5. The topological polar surface area (TPSA) is 65.1 Å². The van der Waals surface area contributed by atoms with Crippen molar-refractivity contribution < 1.29 is 14.3 Å². The first-order valence-corrected chi connectivity index (χ1v) is 9.70. The van der Waals surface area contributed by atoms with Gasteiger partial charge in [-0.1, -0.05) is 25.1 Å². The number of nitrogens with one attached hydrogen (secondary N) is 1. The quantitative estimate of drug-likeness (QED) is 0.841. The SMILES string of the molecule is CN(C(=O)Nc1ccccc1)C(=O)Oc1ccc2c(c1)[C@]1(C)CCN(C)[C@@H]1N2C. The number of carbonyl (C=O) groups excluding carboxylic acids is 2. The van der Waals surface area contributed by atoms with Gasteiger partial charge in [-0.25, -0.2) is 14.5 Å². The summed E-state index contributed by atoms with van der Waals surface area (Å²) in [6.07, 6.45) is 0.611. The number of fused-ring (bicyclic) bond motifs is 3. The largest absolute Gasteiger partial charge is 0.423 e. The number of amides is 3. The van der Waals surface area contributed by atoms with E-state index in [1.807, 2.05) is 30.3 Å². The van der Waals surface area contributed by atoms with E-state index in [0.29, 0.717) is 17.6 Å². The highest BCUT2D eigenvalue weighted by Crippen LogP contribution is 2.51. The average molecular weight is 394 g/mol. The number of ether oxygens (including phenoxy) is 1. The molecular formula is C22H26N4O3. The fraction of sp³-hybridized carbons (Fsp3) is 0.364. The Hall–Kier alpha value is -3.06. The van der Waals surface area contributed by atoms with Gasteiger partial charge in [0.15, 0.2) is 0 Å². The Kier molecular flexibility index (Phi) is 4.70. The van der Waals surface area contributed by atoms with Crippen LogP contribution in [0.4, 0.5) is 21.0 Å². The number of hydrogen-bond donors (Lipinski definition) is 1. The van der Waals surface area contributed by atoms with Crippen LogP contribution in [0.2, 0.25) is 0 Å². The zero-order valence-corrected chi connectivity index (χ0v) is 17.2. The molecule has 0 bridgehead atoms. The fourth-order valence-electron chi connectivity index (χ4n) is 4.60. The van der Waals surface area contributed by atoms with Crippen LogP contribution in [0.5, 0.6) is 5.75 Å². The fourth-order valence-corrected chi connectivity index (χ4v) is 4.60. The molecule has 2 heterocycles. The van der Waals surface area contributed by atoms with Gasteiger partial charge in [-0.15, -0.1) is 0 Å². The van der Waals surface area contributed by atoms with E-state index < -0.39 is 12.1 Å². The predicted molar refractivity (Wildman–Crippen MR) is 112 cm³/mol. The number of urea groups is 1. The van der Waals surface area contributed by atoms with Crippen LogP contribution >= 0.6 is 0 Å². The summed E-state index contributed by atoms with van der Waals surface area (Å²) in [5.74, 6) is 0.443. The van der Waals surface area contributed by atoms with E-state index in [0.717, 1.165) is 23.6 Å². The molecule has 4 rings (SSSR count). The lowest BCUT2D eigenvalue weighted by Gasteiger charge is -2.32. The van der Waals surface area contributed by atoms with Gasteiger partial charge in [0.2, 0.25) is 0 Å². The Morgan fingerprint density at radius 2 is 1.90 bits per heavy atom. The van der Waals surface area contributed by atoms with E-state index in [1.54, 1.807) is 18.2 Å². The zero-order chi connectivity index (χ0) is 20.8. The van der Waals surface area contributed by atoms with Crippen molar-refractivity contribution in [3.8, 4) is 5.75 Å². The molecule has 0 aromatic heterocycles. The summed E-state index contributed by atoms with van der Waals surface area (Å²) >= 11 is 0. The first kappa shape index (κ1) is 19.3. The molecule has 2 aliphatic heterocycles.